The van der Waals surface area contributed by atoms with E-state index in [0.717, 1.165) is 25.0 Å². The number of fused-ring (bicyclic) bond motifs is 1. The Kier molecular flexibility index (Phi) is 5.00. The summed E-state index contributed by atoms with van der Waals surface area (Å²) in [7, 11) is 0. The molecule has 27 heavy (non-hydrogen) atoms. The number of rotatable bonds is 5. The number of carbonyl (C=O) groups is 1. The Labute approximate surface area is 158 Å². The Hall–Kier alpha value is -2.58. The van der Waals surface area contributed by atoms with Gasteiger partial charge in [0.25, 0.3) is 5.56 Å². The molecule has 1 fully saturated rings. The van der Waals surface area contributed by atoms with Crippen molar-refractivity contribution in [2.24, 2.45) is 0 Å². The standard InChI is InChI=1S/C19H18FN3O3S/c20-13-5-3-12(4-6-13)15-10-27-18-17(15)19(25)23(11-22-18)9-16(24)21-8-14-2-1-7-26-14/h3-6,10-11,14H,1-2,7-9H2,(H,21,24)/t14-/m1/s1. The van der Waals surface area contributed by atoms with Crippen molar-refractivity contribution < 1.29 is 13.9 Å². The number of hydrogen-bond donors (Lipinski definition) is 1. The number of amides is 1. The van der Waals surface area contributed by atoms with Crippen molar-refractivity contribution in [2.45, 2.75) is 25.5 Å². The first kappa shape index (κ1) is 17.8. The fourth-order valence-electron chi connectivity index (χ4n) is 3.17. The summed E-state index contributed by atoms with van der Waals surface area (Å²) in [6.07, 6.45) is 3.38. The lowest BCUT2D eigenvalue weighted by molar-refractivity contribution is -0.122. The van der Waals surface area contributed by atoms with Crippen molar-refractivity contribution in [3.05, 3.63) is 52.1 Å². The van der Waals surface area contributed by atoms with E-state index in [1.165, 1.54) is 34.4 Å². The van der Waals surface area contributed by atoms with Gasteiger partial charge in [-0.15, -0.1) is 11.3 Å². The van der Waals surface area contributed by atoms with Crippen LogP contribution >= 0.6 is 11.3 Å². The van der Waals surface area contributed by atoms with Gasteiger partial charge in [0.05, 0.1) is 17.8 Å². The van der Waals surface area contributed by atoms with E-state index in [2.05, 4.69) is 10.3 Å². The second kappa shape index (κ2) is 7.58. The van der Waals surface area contributed by atoms with Crippen LogP contribution in [0.1, 0.15) is 12.8 Å². The van der Waals surface area contributed by atoms with Crippen molar-refractivity contribution in [3.8, 4) is 11.1 Å². The average Bonchev–Trinajstić information content (AvgIpc) is 3.33. The molecule has 3 heterocycles. The number of hydrogen-bond acceptors (Lipinski definition) is 5. The van der Waals surface area contributed by atoms with Crippen LogP contribution in [0, 0.1) is 5.82 Å². The van der Waals surface area contributed by atoms with Gasteiger partial charge in [0.2, 0.25) is 5.91 Å². The molecule has 1 N–H and O–H groups in total. The lowest BCUT2D eigenvalue weighted by atomic mass is 10.1. The topological polar surface area (TPSA) is 73.2 Å². The number of benzene rings is 1. The van der Waals surface area contributed by atoms with Crippen LogP contribution in [0.25, 0.3) is 21.3 Å². The summed E-state index contributed by atoms with van der Waals surface area (Å²) < 4.78 is 20.0. The predicted octanol–water partition coefficient (Wildman–Crippen LogP) is 2.56. The first-order valence-corrected chi connectivity index (χ1v) is 9.60. The highest BCUT2D eigenvalue weighted by atomic mass is 32.1. The number of aromatic nitrogens is 2. The molecule has 140 valence electrons. The van der Waals surface area contributed by atoms with Crippen molar-refractivity contribution in [1.29, 1.82) is 0 Å². The third-order valence-corrected chi connectivity index (χ3v) is 5.47. The summed E-state index contributed by atoms with van der Waals surface area (Å²) in [6, 6.07) is 5.96. The Balaban J connectivity index is 1.57. The number of halogens is 1. The van der Waals surface area contributed by atoms with Gasteiger partial charge in [0.15, 0.2) is 0 Å². The third kappa shape index (κ3) is 3.77. The van der Waals surface area contributed by atoms with Crippen molar-refractivity contribution in [3.63, 3.8) is 0 Å². The van der Waals surface area contributed by atoms with Gasteiger partial charge in [-0.3, -0.25) is 14.2 Å². The van der Waals surface area contributed by atoms with E-state index >= 15 is 0 Å². The largest absolute Gasteiger partial charge is 0.376 e. The molecule has 1 aliphatic heterocycles. The van der Waals surface area contributed by atoms with Gasteiger partial charge >= 0.3 is 0 Å². The van der Waals surface area contributed by atoms with Crippen molar-refractivity contribution in [1.82, 2.24) is 14.9 Å². The summed E-state index contributed by atoms with van der Waals surface area (Å²) in [5, 5.41) is 5.08. The highest BCUT2D eigenvalue weighted by molar-refractivity contribution is 7.17. The molecular formula is C19H18FN3O3S. The lowest BCUT2D eigenvalue weighted by Gasteiger charge is -2.11. The fraction of sp³-hybridized carbons (Fsp3) is 0.316. The minimum Gasteiger partial charge on any atom is -0.376 e. The van der Waals surface area contributed by atoms with Crippen LogP contribution in [0.3, 0.4) is 0 Å². The highest BCUT2D eigenvalue weighted by Gasteiger charge is 2.18. The van der Waals surface area contributed by atoms with E-state index in [0.29, 0.717) is 22.3 Å². The molecule has 0 radical (unpaired) electrons. The maximum Gasteiger partial charge on any atom is 0.263 e. The monoisotopic (exact) mass is 387 g/mol. The Bertz CT molecular complexity index is 1020. The Morgan fingerprint density at radius 2 is 2.19 bits per heavy atom. The smallest absolute Gasteiger partial charge is 0.263 e. The zero-order valence-corrected chi connectivity index (χ0v) is 15.3. The van der Waals surface area contributed by atoms with Crippen LogP contribution in [0.15, 0.2) is 40.8 Å². The second-order valence-corrected chi connectivity index (χ2v) is 7.31. The van der Waals surface area contributed by atoms with Gasteiger partial charge in [0, 0.05) is 24.1 Å². The summed E-state index contributed by atoms with van der Waals surface area (Å²) >= 11 is 1.35. The molecule has 1 aliphatic rings. The van der Waals surface area contributed by atoms with Gasteiger partial charge in [-0.05, 0) is 30.5 Å². The third-order valence-electron chi connectivity index (χ3n) is 4.58. The lowest BCUT2D eigenvalue weighted by Crippen LogP contribution is -2.36. The van der Waals surface area contributed by atoms with E-state index < -0.39 is 0 Å². The van der Waals surface area contributed by atoms with E-state index in [1.54, 1.807) is 12.1 Å². The van der Waals surface area contributed by atoms with Crippen LogP contribution in [0.4, 0.5) is 4.39 Å². The number of ether oxygens (including phenoxy) is 1. The van der Waals surface area contributed by atoms with Crippen LogP contribution in [0.5, 0.6) is 0 Å². The maximum absolute atomic E-state index is 13.2. The predicted molar refractivity (Wildman–Crippen MR) is 101 cm³/mol. The van der Waals surface area contributed by atoms with E-state index in [1.807, 2.05) is 5.38 Å². The quantitative estimate of drug-likeness (QED) is 0.730. The molecule has 1 atom stereocenters. The summed E-state index contributed by atoms with van der Waals surface area (Å²) in [5.41, 5.74) is 1.15. The van der Waals surface area contributed by atoms with Gasteiger partial charge in [-0.25, -0.2) is 9.37 Å². The molecule has 2 aromatic heterocycles. The van der Waals surface area contributed by atoms with Crippen LogP contribution in [-0.4, -0.2) is 34.7 Å². The first-order chi connectivity index (χ1) is 13.1. The van der Waals surface area contributed by atoms with Crippen molar-refractivity contribution in [2.75, 3.05) is 13.2 Å². The molecule has 1 amide bonds. The second-order valence-electron chi connectivity index (χ2n) is 6.45. The molecule has 6 nitrogen and oxygen atoms in total. The molecule has 8 heteroatoms. The first-order valence-electron chi connectivity index (χ1n) is 8.72. The number of nitrogens with zero attached hydrogens (tertiary/aromatic N) is 2. The number of carbonyl (C=O) groups excluding carboxylic acids is 1. The fourth-order valence-corrected chi connectivity index (χ4v) is 4.07. The minimum absolute atomic E-state index is 0.0493. The molecule has 0 saturated carbocycles. The molecule has 0 aliphatic carbocycles. The molecular weight excluding hydrogens is 369 g/mol. The molecule has 3 aromatic rings. The van der Waals surface area contributed by atoms with Gasteiger partial charge in [-0.2, -0.15) is 0 Å². The van der Waals surface area contributed by atoms with Crippen LogP contribution < -0.4 is 10.9 Å². The summed E-state index contributed by atoms with van der Waals surface area (Å²) in [6.45, 7) is 1.07. The average molecular weight is 387 g/mol. The zero-order chi connectivity index (χ0) is 18.8. The Morgan fingerprint density at radius 1 is 1.37 bits per heavy atom. The molecule has 4 rings (SSSR count). The number of nitrogens with one attached hydrogen (secondary N) is 1. The molecule has 0 unspecified atom stereocenters. The maximum atomic E-state index is 13.2. The normalized spacial score (nSPS) is 16.7. The number of thiophene rings is 1. The summed E-state index contributed by atoms with van der Waals surface area (Å²) in [5.74, 6) is -0.593. The SMILES string of the molecule is O=C(Cn1cnc2scc(-c3ccc(F)cc3)c2c1=O)NC[C@H]1CCCO1. The minimum atomic E-state index is -0.336. The van der Waals surface area contributed by atoms with Crippen molar-refractivity contribution >= 4 is 27.5 Å². The van der Waals surface area contributed by atoms with E-state index in [4.69, 9.17) is 4.74 Å². The Morgan fingerprint density at radius 3 is 2.93 bits per heavy atom. The van der Waals surface area contributed by atoms with E-state index in [-0.39, 0.29) is 29.9 Å². The zero-order valence-electron chi connectivity index (χ0n) is 14.5. The van der Waals surface area contributed by atoms with Gasteiger partial charge < -0.3 is 10.1 Å². The van der Waals surface area contributed by atoms with Crippen LogP contribution in [-0.2, 0) is 16.1 Å². The molecule has 0 spiro atoms. The van der Waals surface area contributed by atoms with E-state index in [9.17, 15) is 14.0 Å². The summed E-state index contributed by atoms with van der Waals surface area (Å²) in [4.78, 5) is 30.0. The van der Waals surface area contributed by atoms with Crippen LogP contribution in [0.2, 0.25) is 0 Å². The highest BCUT2D eigenvalue weighted by Crippen LogP contribution is 2.30. The molecule has 1 aromatic carbocycles. The van der Waals surface area contributed by atoms with Gasteiger partial charge in [-0.1, -0.05) is 12.1 Å². The molecule has 0 bridgehead atoms. The van der Waals surface area contributed by atoms with Gasteiger partial charge in [0.1, 0.15) is 17.2 Å². The molecule has 1 saturated heterocycles.